The Kier molecular flexibility index (Phi) is 2.39. The molecule has 0 radical (unpaired) electrons. The van der Waals surface area contributed by atoms with Gasteiger partial charge in [-0.3, -0.25) is 0 Å². The van der Waals surface area contributed by atoms with Crippen LogP contribution in [0.5, 0.6) is 0 Å². The minimum atomic E-state index is -0.706. The Morgan fingerprint density at radius 2 is 2.42 bits per heavy atom. The molecule has 2 nitrogen and oxygen atoms in total. The van der Waals surface area contributed by atoms with Gasteiger partial charge in [-0.25, -0.2) is 0 Å². The lowest BCUT2D eigenvalue weighted by atomic mass is 9.79. The van der Waals surface area contributed by atoms with Crippen molar-refractivity contribution < 1.29 is 9.68 Å². The standard InChI is InChI=1S/C8H8BIO2/c10-4-6-1-2-7-5-12-9(11)8(7)3-6/h1-3,11H,4-5H2. The lowest BCUT2D eigenvalue weighted by Gasteiger charge is -2.00. The first kappa shape index (κ1) is 8.53. The Hall–Kier alpha value is -0.0651. The highest BCUT2D eigenvalue weighted by molar-refractivity contribution is 14.1. The van der Waals surface area contributed by atoms with E-state index in [1.807, 2.05) is 12.1 Å². The van der Waals surface area contributed by atoms with E-state index in [1.54, 1.807) is 0 Å². The lowest BCUT2D eigenvalue weighted by molar-refractivity contribution is 0.275. The van der Waals surface area contributed by atoms with Gasteiger partial charge in [0, 0.05) is 4.43 Å². The summed E-state index contributed by atoms with van der Waals surface area (Å²) in [5.41, 5.74) is 3.28. The van der Waals surface area contributed by atoms with E-state index in [0.717, 1.165) is 15.5 Å². The highest BCUT2D eigenvalue weighted by Crippen LogP contribution is 2.12. The maximum absolute atomic E-state index is 9.38. The largest absolute Gasteiger partial charge is 0.491 e. The fourth-order valence-electron chi connectivity index (χ4n) is 1.35. The Balaban J connectivity index is 2.43. The second-order valence-electron chi connectivity index (χ2n) is 2.83. The summed E-state index contributed by atoms with van der Waals surface area (Å²) in [7, 11) is -0.706. The van der Waals surface area contributed by atoms with Gasteiger partial charge in [-0.15, -0.1) is 0 Å². The third-order valence-corrected chi connectivity index (χ3v) is 2.91. The van der Waals surface area contributed by atoms with Crippen LogP contribution in [0.3, 0.4) is 0 Å². The zero-order valence-electron chi connectivity index (χ0n) is 6.46. The van der Waals surface area contributed by atoms with Gasteiger partial charge in [-0.2, -0.15) is 0 Å². The third-order valence-electron chi connectivity index (χ3n) is 2.03. The highest BCUT2D eigenvalue weighted by atomic mass is 127. The van der Waals surface area contributed by atoms with Crippen LogP contribution in [0.1, 0.15) is 11.1 Å². The van der Waals surface area contributed by atoms with Gasteiger partial charge in [0.05, 0.1) is 6.61 Å². The molecule has 1 aliphatic heterocycles. The molecule has 1 N–H and O–H groups in total. The number of rotatable bonds is 1. The van der Waals surface area contributed by atoms with Crippen LogP contribution in [0.2, 0.25) is 0 Å². The molecular formula is C8H8BIO2. The molecule has 0 fully saturated rings. The number of benzene rings is 1. The molecule has 1 aromatic rings. The minimum absolute atomic E-state index is 0.540. The number of hydrogen-bond acceptors (Lipinski definition) is 2. The van der Waals surface area contributed by atoms with Gasteiger partial charge in [0.2, 0.25) is 0 Å². The number of halogens is 1. The molecule has 2 rings (SSSR count). The van der Waals surface area contributed by atoms with Crippen molar-refractivity contribution in [3.05, 3.63) is 29.3 Å². The van der Waals surface area contributed by atoms with E-state index < -0.39 is 7.12 Å². The minimum Gasteiger partial charge on any atom is -0.423 e. The van der Waals surface area contributed by atoms with E-state index in [9.17, 15) is 5.02 Å². The average Bonchev–Trinajstić information content (AvgIpc) is 2.47. The second kappa shape index (κ2) is 3.36. The molecule has 0 atom stereocenters. The predicted octanol–water partition coefficient (Wildman–Crippen LogP) is 0.839. The van der Waals surface area contributed by atoms with Crippen LogP contribution in [0.15, 0.2) is 18.2 Å². The van der Waals surface area contributed by atoms with E-state index >= 15 is 0 Å². The SMILES string of the molecule is OB1OCc2ccc(CI)cc21. The van der Waals surface area contributed by atoms with Crippen molar-refractivity contribution in [1.82, 2.24) is 0 Å². The first-order valence-electron chi connectivity index (χ1n) is 3.78. The molecule has 0 saturated heterocycles. The number of hydrogen-bond donors (Lipinski definition) is 1. The van der Waals surface area contributed by atoms with E-state index in [4.69, 9.17) is 4.65 Å². The molecule has 0 bridgehead atoms. The molecule has 0 spiro atoms. The van der Waals surface area contributed by atoms with Crippen LogP contribution in [0.4, 0.5) is 0 Å². The molecule has 0 unspecified atom stereocenters. The Morgan fingerprint density at radius 3 is 3.17 bits per heavy atom. The van der Waals surface area contributed by atoms with Crippen LogP contribution < -0.4 is 5.46 Å². The van der Waals surface area contributed by atoms with E-state index in [-0.39, 0.29) is 0 Å². The van der Waals surface area contributed by atoms with E-state index in [1.165, 1.54) is 5.56 Å². The summed E-state index contributed by atoms with van der Waals surface area (Å²) in [5.74, 6) is 0. The van der Waals surface area contributed by atoms with Gasteiger partial charge in [0.25, 0.3) is 0 Å². The van der Waals surface area contributed by atoms with E-state index in [2.05, 4.69) is 28.7 Å². The van der Waals surface area contributed by atoms with E-state index in [0.29, 0.717) is 6.61 Å². The molecule has 1 heterocycles. The quantitative estimate of drug-likeness (QED) is 0.467. The first-order chi connectivity index (χ1) is 5.81. The molecule has 1 aromatic carbocycles. The summed E-state index contributed by atoms with van der Waals surface area (Å²) >= 11 is 2.30. The maximum atomic E-state index is 9.38. The van der Waals surface area contributed by atoms with Crippen LogP contribution >= 0.6 is 22.6 Å². The van der Waals surface area contributed by atoms with Gasteiger partial charge in [-0.1, -0.05) is 40.8 Å². The summed E-state index contributed by atoms with van der Waals surface area (Å²) in [5, 5.41) is 9.38. The Labute approximate surface area is 85.2 Å². The molecule has 4 heteroatoms. The number of fused-ring (bicyclic) bond motifs is 1. The highest BCUT2D eigenvalue weighted by Gasteiger charge is 2.26. The van der Waals surface area contributed by atoms with Gasteiger partial charge >= 0.3 is 7.12 Å². The molecule has 62 valence electrons. The topological polar surface area (TPSA) is 29.5 Å². The fourth-order valence-corrected chi connectivity index (χ4v) is 1.82. The van der Waals surface area contributed by atoms with Crippen LogP contribution in [0.25, 0.3) is 0 Å². The molecule has 0 aromatic heterocycles. The fraction of sp³-hybridized carbons (Fsp3) is 0.250. The third kappa shape index (κ3) is 1.38. The van der Waals surface area contributed by atoms with Crippen LogP contribution in [-0.4, -0.2) is 12.1 Å². The van der Waals surface area contributed by atoms with Crippen molar-refractivity contribution in [1.29, 1.82) is 0 Å². The summed E-state index contributed by atoms with van der Waals surface area (Å²) in [4.78, 5) is 0. The smallest absolute Gasteiger partial charge is 0.423 e. The zero-order valence-corrected chi connectivity index (χ0v) is 8.61. The Morgan fingerprint density at radius 1 is 1.58 bits per heavy atom. The predicted molar refractivity (Wildman–Crippen MR) is 56.6 cm³/mol. The summed E-state index contributed by atoms with van der Waals surface area (Å²) in [6.07, 6.45) is 0. The molecule has 0 aliphatic carbocycles. The second-order valence-corrected chi connectivity index (χ2v) is 3.59. The van der Waals surface area contributed by atoms with Crippen LogP contribution in [0, 0.1) is 0 Å². The van der Waals surface area contributed by atoms with Gasteiger partial charge in [-0.05, 0) is 16.6 Å². The van der Waals surface area contributed by atoms with Crippen LogP contribution in [-0.2, 0) is 15.7 Å². The number of alkyl halides is 1. The van der Waals surface area contributed by atoms with Gasteiger partial charge < -0.3 is 9.68 Å². The van der Waals surface area contributed by atoms with Crippen molar-refractivity contribution in [2.24, 2.45) is 0 Å². The van der Waals surface area contributed by atoms with Crippen molar-refractivity contribution >= 4 is 35.2 Å². The monoisotopic (exact) mass is 274 g/mol. The first-order valence-corrected chi connectivity index (χ1v) is 5.31. The van der Waals surface area contributed by atoms with Gasteiger partial charge in [0.15, 0.2) is 0 Å². The Bertz CT molecular complexity index is 303. The molecule has 12 heavy (non-hydrogen) atoms. The normalized spacial score (nSPS) is 15.0. The molecule has 0 amide bonds. The van der Waals surface area contributed by atoms with Crippen molar-refractivity contribution in [3.8, 4) is 0 Å². The maximum Gasteiger partial charge on any atom is 0.491 e. The van der Waals surface area contributed by atoms with Crippen molar-refractivity contribution in [2.45, 2.75) is 11.0 Å². The molecular weight excluding hydrogens is 266 g/mol. The van der Waals surface area contributed by atoms with Crippen molar-refractivity contribution in [2.75, 3.05) is 0 Å². The average molecular weight is 274 g/mol. The summed E-state index contributed by atoms with van der Waals surface area (Å²) in [6, 6.07) is 6.12. The van der Waals surface area contributed by atoms with Crippen molar-refractivity contribution in [3.63, 3.8) is 0 Å². The molecule has 1 aliphatic rings. The zero-order chi connectivity index (χ0) is 8.55. The summed E-state index contributed by atoms with van der Waals surface area (Å²) < 4.78 is 6.05. The lowest BCUT2D eigenvalue weighted by Crippen LogP contribution is -2.28. The van der Waals surface area contributed by atoms with Gasteiger partial charge in [0.1, 0.15) is 0 Å². The summed E-state index contributed by atoms with van der Waals surface area (Å²) in [6.45, 7) is 0.540. The molecule has 0 saturated carbocycles.